The third-order valence-corrected chi connectivity index (χ3v) is 3.22. The van der Waals surface area contributed by atoms with Crippen molar-refractivity contribution in [2.45, 2.75) is 53.2 Å². The maximum atomic E-state index is 12.2. The van der Waals surface area contributed by atoms with Crippen LogP contribution in [0.5, 0.6) is 0 Å². The summed E-state index contributed by atoms with van der Waals surface area (Å²) in [5.41, 5.74) is 0.0149. The van der Waals surface area contributed by atoms with E-state index in [1.807, 2.05) is 13.8 Å². The second-order valence-electron chi connectivity index (χ2n) is 6.67. The summed E-state index contributed by atoms with van der Waals surface area (Å²) in [6.45, 7) is 11.1. The standard InChI is InChI=1S/C17H25ClN2O4/c1-7-23-15(21)12-8-11(18)9-19-14(12)13(10(2)3)20-16(22)24-17(4,5)6/h8-10,13H,7H2,1-6H3,(H,20,22). The predicted molar refractivity (Wildman–Crippen MR) is 92.2 cm³/mol. The molecule has 0 saturated carbocycles. The van der Waals surface area contributed by atoms with Gasteiger partial charge in [-0.2, -0.15) is 0 Å². The fourth-order valence-corrected chi connectivity index (χ4v) is 2.21. The monoisotopic (exact) mass is 356 g/mol. The molecule has 1 rings (SSSR count). The second kappa shape index (κ2) is 8.33. The minimum absolute atomic E-state index is 0.0284. The van der Waals surface area contributed by atoms with Gasteiger partial charge in [0.05, 0.1) is 28.9 Å². The third kappa shape index (κ3) is 6.00. The average Bonchev–Trinajstić information content (AvgIpc) is 2.43. The van der Waals surface area contributed by atoms with Crippen molar-refractivity contribution in [3.8, 4) is 0 Å². The number of aromatic nitrogens is 1. The summed E-state index contributed by atoms with van der Waals surface area (Å²) in [6.07, 6.45) is 0.860. The Bertz CT molecular complexity index is 597. The zero-order chi connectivity index (χ0) is 18.5. The van der Waals surface area contributed by atoms with E-state index in [-0.39, 0.29) is 18.1 Å². The first-order chi connectivity index (χ1) is 11.0. The number of alkyl carbamates (subject to hydrolysis) is 1. The van der Waals surface area contributed by atoms with E-state index in [4.69, 9.17) is 21.1 Å². The maximum Gasteiger partial charge on any atom is 0.408 e. The second-order valence-corrected chi connectivity index (χ2v) is 7.11. The average molecular weight is 357 g/mol. The molecule has 0 aliphatic carbocycles. The molecule has 0 radical (unpaired) electrons. The number of amides is 1. The first kappa shape index (κ1) is 20.2. The summed E-state index contributed by atoms with van der Waals surface area (Å²) in [7, 11) is 0. The van der Waals surface area contributed by atoms with Gasteiger partial charge in [0, 0.05) is 6.20 Å². The highest BCUT2D eigenvalue weighted by Crippen LogP contribution is 2.26. The van der Waals surface area contributed by atoms with Crippen LogP contribution in [-0.2, 0) is 9.47 Å². The lowest BCUT2D eigenvalue weighted by Crippen LogP contribution is -2.37. The van der Waals surface area contributed by atoms with Gasteiger partial charge in [0.15, 0.2) is 0 Å². The highest BCUT2D eigenvalue weighted by molar-refractivity contribution is 6.30. The predicted octanol–water partition coefficient (Wildman–Crippen LogP) is 4.13. The van der Waals surface area contributed by atoms with E-state index in [9.17, 15) is 9.59 Å². The first-order valence-electron chi connectivity index (χ1n) is 7.87. The number of esters is 1. The molecule has 7 heteroatoms. The van der Waals surface area contributed by atoms with Gasteiger partial charge in [-0.3, -0.25) is 4.98 Å². The molecule has 0 spiro atoms. The van der Waals surface area contributed by atoms with Crippen molar-refractivity contribution in [3.05, 3.63) is 28.5 Å². The molecule has 0 saturated heterocycles. The van der Waals surface area contributed by atoms with Crippen LogP contribution >= 0.6 is 11.6 Å². The van der Waals surface area contributed by atoms with E-state index in [1.165, 1.54) is 12.3 Å². The molecule has 0 aromatic carbocycles. The van der Waals surface area contributed by atoms with Crippen molar-refractivity contribution in [2.24, 2.45) is 5.92 Å². The molecule has 1 aromatic heterocycles. The molecule has 1 unspecified atom stereocenters. The smallest absolute Gasteiger partial charge is 0.408 e. The number of nitrogens with one attached hydrogen (secondary N) is 1. The molecule has 0 bridgehead atoms. The van der Waals surface area contributed by atoms with Crippen LogP contribution in [0.2, 0.25) is 5.02 Å². The lowest BCUT2D eigenvalue weighted by Gasteiger charge is -2.26. The molecule has 0 fully saturated rings. The van der Waals surface area contributed by atoms with Gasteiger partial charge < -0.3 is 14.8 Å². The number of hydrogen-bond donors (Lipinski definition) is 1. The molecular formula is C17H25ClN2O4. The van der Waals surface area contributed by atoms with Crippen LogP contribution in [0.4, 0.5) is 4.79 Å². The fourth-order valence-electron chi connectivity index (χ4n) is 2.06. The molecular weight excluding hydrogens is 332 g/mol. The van der Waals surface area contributed by atoms with Crippen molar-refractivity contribution < 1.29 is 19.1 Å². The van der Waals surface area contributed by atoms with Gasteiger partial charge in [0.2, 0.25) is 0 Å². The van der Waals surface area contributed by atoms with Crippen molar-refractivity contribution in [1.82, 2.24) is 10.3 Å². The Balaban J connectivity index is 3.17. The quantitative estimate of drug-likeness (QED) is 0.802. The molecule has 1 amide bonds. The molecule has 0 aliphatic rings. The zero-order valence-corrected chi connectivity index (χ0v) is 15.7. The Hall–Kier alpha value is -1.82. The lowest BCUT2D eigenvalue weighted by molar-refractivity contribution is 0.0472. The summed E-state index contributed by atoms with van der Waals surface area (Å²) >= 11 is 5.96. The summed E-state index contributed by atoms with van der Waals surface area (Å²) < 4.78 is 10.3. The van der Waals surface area contributed by atoms with Gasteiger partial charge in [-0.1, -0.05) is 25.4 Å². The third-order valence-electron chi connectivity index (χ3n) is 3.01. The van der Waals surface area contributed by atoms with Gasteiger partial charge in [0.25, 0.3) is 0 Å². The van der Waals surface area contributed by atoms with Crippen molar-refractivity contribution in [2.75, 3.05) is 6.61 Å². The summed E-state index contributed by atoms with van der Waals surface area (Å²) in [4.78, 5) is 28.6. The Kier molecular flexibility index (Phi) is 7.02. The van der Waals surface area contributed by atoms with E-state index >= 15 is 0 Å². The zero-order valence-electron chi connectivity index (χ0n) is 15.0. The van der Waals surface area contributed by atoms with Crippen LogP contribution in [0.15, 0.2) is 12.3 Å². The molecule has 6 nitrogen and oxygen atoms in total. The number of hydrogen-bond acceptors (Lipinski definition) is 5. The van der Waals surface area contributed by atoms with Crippen molar-refractivity contribution >= 4 is 23.7 Å². The summed E-state index contributed by atoms with van der Waals surface area (Å²) in [5, 5.41) is 3.09. The number of carbonyl (C=O) groups excluding carboxylic acids is 2. The molecule has 134 valence electrons. The molecule has 24 heavy (non-hydrogen) atoms. The number of nitrogens with zero attached hydrogens (tertiary/aromatic N) is 1. The van der Waals surface area contributed by atoms with Crippen molar-refractivity contribution in [1.29, 1.82) is 0 Å². The van der Waals surface area contributed by atoms with Crippen LogP contribution in [-0.4, -0.2) is 29.3 Å². The Morgan fingerprint density at radius 1 is 1.33 bits per heavy atom. The van der Waals surface area contributed by atoms with Gasteiger partial charge in [-0.25, -0.2) is 9.59 Å². The fraction of sp³-hybridized carbons (Fsp3) is 0.588. The minimum atomic E-state index is -0.622. The van der Waals surface area contributed by atoms with E-state index in [2.05, 4.69) is 10.3 Å². The normalized spacial score (nSPS) is 12.7. The number of pyridine rings is 1. The highest BCUT2D eigenvalue weighted by Gasteiger charge is 2.28. The number of halogens is 1. The number of carbonyl (C=O) groups is 2. The lowest BCUT2D eigenvalue weighted by atomic mass is 9.97. The minimum Gasteiger partial charge on any atom is -0.462 e. The van der Waals surface area contributed by atoms with Gasteiger partial charge in [-0.15, -0.1) is 0 Å². The van der Waals surface area contributed by atoms with E-state index in [0.29, 0.717) is 10.7 Å². The summed E-state index contributed by atoms with van der Waals surface area (Å²) in [5.74, 6) is -0.557. The molecule has 1 atom stereocenters. The van der Waals surface area contributed by atoms with Gasteiger partial charge in [0.1, 0.15) is 5.60 Å². The van der Waals surface area contributed by atoms with Crippen LogP contribution in [0.3, 0.4) is 0 Å². The van der Waals surface area contributed by atoms with Crippen LogP contribution < -0.4 is 5.32 Å². The first-order valence-corrected chi connectivity index (χ1v) is 8.25. The molecule has 1 N–H and O–H groups in total. The molecule has 1 heterocycles. The highest BCUT2D eigenvalue weighted by atomic mass is 35.5. The summed E-state index contributed by atoms with van der Waals surface area (Å²) in [6, 6.07) is 0.977. The van der Waals surface area contributed by atoms with Crippen molar-refractivity contribution in [3.63, 3.8) is 0 Å². The Morgan fingerprint density at radius 2 is 1.96 bits per heavy atom. The topological polar surface area (TPSA) is 77.5 Å². The maximum absolute atomic E-state index is 12.2. The largest absolute Gasteiger partial charge is 0.462 e. The van der Waals surface area contributed by atoms with E-state index in [0.717, 1.165) is 0 Å². The Labute approximate surface area is 147 Å². The van der Waals surface area contributed by atoms with E-state index < -0.39 is 23.7 Å². The van der Waals surface area contributed by atoms with Crippen LogP contribution in [0.25, 0.3) is 0 Å². The number of ether oxygens (including phenoxy) is 2. The molecule has 0 aliphatic heterocycles. The van der Waals surface area contributed by atoms with Gasteiger partial charge in [-0.05, 0) is 39.7 Å². The van der Waals surface area contributed by atoms with Crippen LogP contribution in [0.1, 0.15) is 63.6 Å². The molecule has 1 aromatic rings. The number of rotatable bonds is 5. The Morgan fingerprint density at radius 3 is 2.46 bits per heavy atom. The van der Waals surface area contributed by atoms with E-state index in [1.54, 1.807) is 27.7 Å². The van der Waals surface area contributed by atoms with Gasteiger partial charge >= 0.3 is 12.1 Å². The SMILES string of the molecule is CCOC(=O)c1cc(Cl)cnc1C(NC(=O)OC(C)(C)C)C(C)C. The van der Waals surface area contributed by atoms with Crippen LogP contribution in [0, 0.1) is 5.92 Å².